The van der Waals surface area contributed by atoms with Gasteiger partial charge in [0.2, 0.25) is 0 Å². The van der Waals surface area contributed by atoms with Crippen LogP contribution in [0.2, 0.25) is 0 Å². The van der Waals surface area contributed by atoms with Gasteiger partial charge in [-0.15, -0.1) is 0 Å². The van der Waals surface area contributed by atoms with Crippen molar-refractivity contribution in [3.63, 3.8) is 0 Å². The molecule has 1 saturated heterocycles. The van der Waals surface area contributed by atoms with Crippen molar-refractivity contribution in [2.24, 2.45) is 0 Å². The molecule has 2 aromatic rings. The van der Waals surface area contributed by atoms with E-state index in [2.05, 4.69) is 27.3 Å². The largest absolute Gasteiger partial charge is 0.494 e. The Hall–Kier alpha value is -2.44. The Morgan fingerprint density at radius 1 is 1.27 bits per heavy atom. The van der Waals surface area contributed by atoms with E-state index in [-0.39, 0.29) is 11.9 Å². The summed E-state index contributed by atoms with van der Waals surface area (Å²) in [5, 5.41) is 3.04. The number of nitrogens with one attached hydrogen (secondary N) is 1. The van der Waals surface area contributed by atoms with Crippen LogP contribution < -0.4 is 10.1 Å². The lowest BCUT2D eigenvalue weighted by molar-refractivity contribution is 0.0162. The second kappa shape index (κ2) is 9.31. The summed E-state index contributed by atoms with van der Waals surface area (Å²) in [6.07, 6.45) is 3.24. The molecular weight excluding hydrogens is 330 g/mol. The average Bonchev–Trinajstić information content (AvgIpc) is 2.71. The van der Waals surface area contributed by atoms with Crippen molar-refractivity contribution < 1.29 is 14.3 Å². The maximum absolute atomic E-state index is 12.4. The number of pyridine rings is 1. The predicted molar refractivity (Wildman–Crippen MR) is 99.3 cm³/mol. The van der Waals surface area contributed by atoms with Crippen LogP contribution >= 0.6 is 0 Å². The molecular formula is C20H25N3O3. The number of morpholine rings is 1. The molecule has 0 radical (unpaired) electrons. The normalized spacial score (nSPS) is 16.0. The van der Waals surface area contributed by atoms with Crippen molar-refractivity contribution in [3.05, 3.63) is 59.9 Å². The summed E-state index contributed by atoms with van der Waals surface area (Å²) in [5.41, 5.74) is 1.72. The Bertz CT molecular complexity index is 685. The number of rotatable bonds is 7. The smallest absolute Gasteiger partial charge is 0.252 e. The van der Waals surface area contributed by atoms with Crippen LogP contribution in [0.25, 0.3) is 0 Å². The summed E-state index contributed by atoms with van der Waals surface area (Å²) >= 11 is 0. The number of hydrogen-bond donors (Lipinski definition) is 1. The highest BCUT2D eigenvalue weighted by Gasteiger charge is 2.23. The molecule has 6 heteroatoms. The molecule has 1 unspecified atom stereocenters. The topological polar surface area (TPSA) is 63.7 Å². The molecule has 1 amide bonds. The molecule has 1 aromatic carbocycles. The van der Waals surface area contributed by atoms with Crippen molar-refractivity contribution in [2.75, 3.05) is 39.5 Å². The van der Waals surface area contributed by atoms with E-state index in [1.54, 1.807) is 24.5 Å². The Morgan fingerprint density at radius 2 is 2.04 bits per heavy atom. The quantitative estimate of drug-likeness (QED) is 0.826. The van der Waals surface area contributed by atoms with Gasteiger partial charge in [0.25, 0.3) is 5.91 Å². The number of hydrogen-bond acceptors (Lipinski definition) is 5. The van der Waals surface area contributed by atoms with E-state index in [9.17, 15) is 4.79 Å². The first-order valence-corrected chi connectivity index (χ1v) is 9.00. The van der Waals surface area contributed by atoms with Crippen LogP contribution in [0, 0.1) is 0 Å². The summed E-state index contributed by atoms with van der Waals surface area (Å²) in [4.78, 5) is 18.7. The highest BCUT2D eigenvalue weighted by atomic mass is 16.5. The molecule has 0 bridgehead atoms. The molecule has 0 spiro atoms. The van der Waals surface area contributed by atoms with Crippen LogP contribution in [0.3, 0.4) is 0 Å². The van der Waals surface area contributed by atoms with Crippen LogP contribution in [-0.2, 0) is 4.74 Å². The molecule has 26 heavy (non-hydrogen) atoms. The molecule has 138 valence electrons. The Morgan fingerprint density at radius 3 is 2.69 bits per heavy atom. The van der Waals surface area contributed by atoms with Gasteiger partial charge in [-0.1, -0.05) is 12.1 Å². The fraction of sp³-hybridized carbons (Fsp3) is 0.400. The molecule has 0 saturated carbocycles. The average molecular weight is 355 g/mol. The fourth-order valence-corrected chi connectivity index (χ4v) is 3.09. The van der Waals surface area contributed by atoms with Crippen molar-refractivity contribution >= 4 is 5.91 Å². The fourth-order valence-electron chi connectivity index (χ4n) is 3.09. The number of nitrogens with zero attached hydrogens (tertiary/aromatic N) is 2. The van der Waals surface area contributed by atoms with E-state index in [0.717, 1.165) is 24.4 Å². The lowest BCUT2D eigenvalue weighted by Crippen LogP contribution is -2.43. The van der Waals surface area contributed by atoms with Crippen LogP contribution in [0.15, 0.2) is 48.8 Å². The molecule has 1 N–H and O–H groups in total. The third-order valence-electron chi connectivity index (χ3n) is 4.44. The van der Waals surface area contributed by atoms with Crippen LogP contribution in [-0.4, -0.2) is 55.2 Å². The second-order valence-electron chi connectivity index (χ2n) is 6.12. The van der Waals surface area contributed by atoms with E-state index in [1.165, 1.54) is 0 Å². The number of carbonyl (C=O) groups excluding carboxylic acids is 1. The van der Waals surface area contributed by atoms with Crippen LogP contribution in [0.5, 0.6) is 5.75 Å². The monoisotopic (exact) mass is 355 g/mol. The summed E-state index contributed by atoms with van der Waals surface area (Å²) < 4.78 is 11.0. The number of aromatic nitrogens is 1. The summed E-state index contributed by atoms with van der Waals surface area (Å²) in [5.74, 6) is 0.749. The zero-order valence-corrected chi connectivity index (χ0v) is 15.1. The van der Waals surface area contributed by atoms with E-state index in [1.807, 2.05) is 19.1 Å². The van der Waals surface area contributed by atoms with Gasteiger partial charge in [-0.2, -0.15) is 0 Å². The van der Waals surface area contributed by atoms with E-state index < -0.39 is 0 Å². The van der Waals surface area contributed by atoms with Gasteiger partial charge in [0.05, 0.1) is 31.4 Å². The number of ether oxygens (including phenoxy) is 2. The standard InChI is InChI=1S/C20H25N3O3/c1-2-26-18-7-5-16(6-8-18)19(23-10-12-25-13-11-23)15-22-20(24)17-4-3-9-21-14-17/h3-9,14,19H,2,10-13,15H2,1H3,(H,22,24). The third-order valence-corrected chi connectivity index (χ3v) is 4.44. The minimum atomic E-state index is -0.109. The highest BCUT2D eigenvalue weighted by molar-refractivity contribution is 5.93. The summed E-state index contributed by atoms with van der Waals surface area (Å²) in [6, 6.07) is 11.7. The number of benzene rings is 1. The second-order valence-corrected chi connectivity index (χ2v) is 6.12. The lowest BCUT2D eigenvalue weighted by atomic mass is 10.0. The zero-order valence-electron chi connectivity index (χ0n) is 15.1. The SMILES string of the molecule is CCOc1ccc(C(CNC(=O)c2cccnc2)N2CCOCC2)cc1. The Kier molecular flexibility index (Phi) is 6.57. The lowest BCUT2D eigenvalue weighted by Gasteiger charge is -2.35. The minimum absolute atomic E-state index is 0.0928. The van der Waals surface area contributed by atoms with Gasteiger partial charge in [-0.05, 0) is 36.8 Å². The highest BCUT2D eigenvalue weighted by Crippen LogP contribution is 2.24. The van der Waals surface area contributed by atoms with Gasteiger partial charge >= 0.3 is 0 Å². The Balaban J connectivity index is 1.71. The zero-order chi connectivity index (χ0) is 18.2. The van der Waals surface area contributed by atoms with E-state index in [4.69, 9.17) is 9.47 Å². The van der Waals surface area contributed by atoms with Crippen molar-refractivity contribution in [2.45, 2.75) is 13.0 Å². The third kappa shape index (κ3) is 4.80. The first-order chi connectivity index (χ1) is 12.8. The Labute approximate surface area is 154 Å². The van der Waals surface area contributed by atoms with Gasteiger partial charge in [-0.25, -0.2) is 0 Å². The first-order valence-electron chi connectivity index (χ1n) is 9.00. The molecule has 2 heterocycles. The van der Waals surface area contributed by atoms with Gasteiger partial charge in [0.15, 0.2) is 0 Å². The van der Waals surface area contributed by atoms with Crippen molar-refractivity contribution in [3.8, 4) is 5.75 Å². The van der Waals surface area contributed by atoms with Gasteiger partial charge in [-0.3, -0.25) is 14.7 Å². The van der Waals surface area contributed by atoms with Crippen molar-refractivity contribution in [1.29, 1.82) is 0 Å². The van der Waals surface area contributed by atoms with E-state index in [0.29, 0.717) is 31.9 Å². The minimum Gasteiger partial charge on any atom is -0.494 e. The molecule has 1 aliphatic rings. The molecule has 1 atom stereocenters. The molecule has 1 fully saturated rings. The summed E-state index contributed by atoms with van der Waals surface area (Å²) in [6.45, 7) is 6.27. The molecule has 1 aromatic heterocycles. The van der Waals surface area contributed by atoms with Crippen LogP contribution in [0.1, 0.15) is 28.9 Å². The number of carbonyl (C=O) groups is 1. The van der Waals surface area contributed by atoms with Crippen LogP contribution in [0.4, 0.5) is 0 Å². The first kappa shape index (κ1) is 18.4. The maximum Gasteiger partial charge on any atom is 0.252 e. The van der Waals surface area contributed by atoms with Gasteiger partial charge in [0.1, 0.15) is 5.75 Å². The van der Waals surface area contributed by atoms with Gasteiger partial charge in [0, 0.05) is 32.0 Å². The van der Waals surface area contributed by atoms with E-state index >= 15 is 0 Å². The molecule has 0 aliphatic carbocycles. The molecule has 1 aliphatic heterocycles. The maximum atomic E-state index is 12.4. The molecule has 3 rings (SSSR count). The van der Waals surface area contributed by atoms with Gasteiger partial charge < -0.3 is 14.8 Å². The number of amides is 1. The summed E-state index contributed by atoms with van der Waals surface area (Å²) in [7, 11) is 0. The predicted octanol–water partition coefficient (Wildman–Crippen LogP) is 2.28. The molecule has 6 nitrogen and oxygen atoms in total. The van der Waals surface area contributed by atoms with Crippen molar-refractivity contribution in [1.82, 2.24) is 15.2 Å².